The molecule has 0 rings (SSSR count). The Morgan fingerprint density at radius 2 is 1.25 bits per heavy atom. The second-order valence-electron chi connectivity index (χ2n) is 0. The molecule has 4 heavy (non-hydrogen) atoms. The molecular weight excluding hydrogens is 111 g/mol. The summed E-state index contributed by atoms with van der Waals surface area (Å²) in [5.74, 6) is 0. The summed E-state index contributed by atoms with van der Waals surface area (Å²) >= 11 is 0. The van der Waals surface area contributed by atoms with E-state index in [2.05, 4.69) is 0 Å². The van der Waals surface area contributed by atoms with Crippen LogP contribution in [-0.2, 0) is 0 Å². The summed E-state index contributed by atoms with van der Waals surface area (Å²) in [7, 11) is 0. The molecule has 0 aromatic rings. The van der Waals surface area contributed by atoms with Crippen LogP contribution in [0.3, 0.4) is 0 Å². The molecule has 0 aromatic heterocycles. The van der Waals surface area contributed by atoms with Crippen molar-refractivity contribution in [3.8, 4) is 0 Å². The summed E-state index contributed by atoms with van der Waals surface area (Å²) < 4.78 is 0. The van der Waals surface area contributed by atoms with Gasteiger partial charge in [-0.15, -0.1) is 0 Å². The molecule has 20 valence electrons. The van der Waals surface area contributed by atoms with E-state index < -0.39 is 0 Å². The molecule has 2 N–H and O–H groups in total. The number of hydrogen-bond donors (Lipinski definition) is 2. The van der Waals surface area contributed by atoms with E-state index in [0.29, 0.717) is 0 Å². The third-order valence-electron chi connectivity index (χ3n) is 0. The predicted octanol–water partition coefficient (Wildman–Crippen LogP) is -3.02. The molecular formula is H5CaKO2. The van der Waals surface area contributed by atoms with Gasteiger partial charge in [0, 0.05) is 0 Å². The standard InChI is InChI=1S/Ca.K.H2O2.3H/c;;1-2;;;/h;;1-2H;;;/q+2;+1;;3*-1. The van der Waals surface area contributed by atoms with Crippen molar-refractivity contribution in [3.63, 3.8) is 0 Å². The summed E-state index contributed by atoms with van der Waals surface area (Å²) in [4.78, 5) is 0. The van der Waals surface area contributed by atoms with Gasteiger partial charge in [0.1, 0.15) is 0 Å². The molecule has 0 heterocycles. The SMILES string of the molecule is OO.[Ca+2].[H-].[H-].[H-].[K+]. The van der Waals surface area contributed by atoms with Gasteiger partial charge in [0.15, 0.2) is 0 Å². The predicted molar refractivity (Wildman–Crippen MR) is 14.3 cm³/mol. The van der Waals surface area contributed by atoms with Gasteiger partial charge in [-0.2, -0.15) is 0 Å². The van der Waals surface area contributed by atoms with Crippen LogP contribution in [0, 0.1) is 0 Å². The summed E-state index contributed by atoms with van der Waals surface area (Å²) in [6.45, 7) is 0. The maximum atomic E-state index is 6.00. The first kappa shape index (κ1) is 15.8. The zero-order valence-electron chi connectivity index (χ0n) is 5.60. The fraction of sp³-hybridized carbons (Fsp3) is 0. The molecule has 2 nitrogen and oxygen atoms in total. The van der Waals surface area contributed by atoms with Crippen LogP contribution in [0.1, 0.15) is 4.28 Å². The van der Waals surface area contributed by atoms with E-state index in [0.717, 1.165) is 0 Å². The van der Waals surface area contributed by atoms with Crippen LogP contribution >= 0.6 is 0 Å². The van der Waals surface area contributed by atoms with E-state index in [1.807, 2.05) is 0 Å². The molecule has 0 fully saturated rings. The van der Waals surface area contributed by atoms with Crippen LogP contribution in [0.2, 0.25) is 0 Å². The van der Waals surface area contributed by atoms with Gasteiger partial charge in [0.2, 0.25) is 0 Å². The molecule has 0 saturated heterocycles. The molecule has 0 aromatic carbocycles. The van der Waals surface area contributed by atoms with Crippen molar-refractivity contribution in [2.75, 3.05) is 0 Å². The first-order chi connectivity index (χ1) is 1.00. The van der Waals surface area contributed by atoms with Crippen molar-refractivity contribution in [1.82, 2.24) is 0 Å². The summed E-state index contributed by atoms with van der Waals surface area (Å²) in [5, 5.41) is 12.0. The molecule has 4 heteroatoms. The van der Waals surface area contributed by atoms with Gasteiger partial charge in [-0.25, -0.2) is 0 Å². The Morgan fingerprint density at radius 1 is 1.25 bits per heavy atom. The van der Waals surface area contributed by atoms with Gasteiger partial charge in [0.05, 0.1) is 0 Å². The maximum absolute atomic E-state index is 6.00. The number of hydrogen-bond acceptors (Lipinski definition) is 2. The molecule has 0 saturated carbocycles. The molecule has 0 unspecified atom stereocenters. The third kappa shape index (κ3) is 8.84. The molecule has 0 spiro atoms. The van der Waals surface area contributed by atoms with Gasteiger partial charge < -0.3 is 4.28 Å². The smallest absolute Gasteiger partial charge is 1.00 e. The minimum atomic E-state index is 0. The van der Waals surface area contributed by atoms with Crippen molar-refractivity contribution in [3.05, 3.63) is 0 Å². The molecule has 0 amide bonds. The Balaban J connectivity index is -0.000000000500. The van der Waals surface area contributed by atoms with Gasteiger partial charge >= 0.3 is 89.1 Å². The van der Waals surface area contributed by atoms with E-state index in [4.69, 9.17) is 10.5 Å². The van der Waals surface area contributed by atoms with E-state index in [-0.39, 0.29) is 93.4 Å². The largest absolute Gasteiger partial charge is 2.00 e. The Hall–Kier alpha value is 2.82. The fourth-order valence-corrected chi connectivity index (χ4v) is 0. The van der Waals surface area contributed by atoms with Gasteiger partial charge in [-0.3, -0.25) is 10.5 Å². The minimum Gasteiger partial charge on any atom is -1.00 e. The Kier molecular flexibility index (Phi) is 67.3. The van der Waals surface area contributed by atoms with Crippen LogP contribution in [0.15, 0.2) is 0 Å². The van der Waals surface area contributed by atoms with Crippen molar-refractivity contribution in [2.24, 2.45) is 0 Å². The Bertz CT molecular complexity index is 12.9. The van der Waals surface area contributed by atoms with Crippen molar-refractivity contribution in [2.45, 2.75) is 0 Å². The third-order valence-corrected chi connectivity index (χ3v) is 0. The zero-order valence-corrected chi connectivity index (χ0v) is 7.93. The quantitative estimate of drug-likeness (QED) is 0.201. The topological polar surface area (TPSA) is 40.5 Å². The Morgan fingerprint density at radius 3 is 1.25 bits per heavy atom. The summed E-state index contributed by atoms with van der Waals surface area (Å²) in [5.41, 5.74) is 0. The van der Waals surface area contributed by atoms with Crippen LogP contribution in [-0.4, -0.2) is 48.3 Å². The van der Waals surface area contributed by atoms with Gasteiger partial charge in [0.25, 0.3) is 0 Å². The molecule has 0 aliphatic carbocycles. The van der Waals surface area contributed by atoms with E-state index in [1.54, 1.807) is 0 Å². The summed E-state index contributed by atoms with van der Waals surface area (Å²) in [6.07, 6.45) is 0. The van der Waals surface area contributed by atoms with Crippen LogP contribution < -0.4 is 51.4 Å². The second kappa shape index (κ2) is 17.0. The molecule has 0 aliphatic heterocycles. The van der Waals surface area contributed by atoms with Gasteiger partial charge in [-0.05, 0) is 0 Å². The molecule has 0 atom stereocenters. The van der Waals surface area contributed by atoms with E-state index >= 15 is 0 Å². The number of rotatable bonds is 0. The van der Waals surface area contributed by atoms with E-state index in [9.17, 15) is 0 Å². The fourth-order valence-electron chi connectivity index (χ4n) is 0. The maximum Gasteiger partial charge on any atom is 2.00 e. The minimum absolute atomic E-state index is 0. The van der Waals surface area contributed by atoms with Crippen molar-refractivity contribution >= 4 is 37.7 Å². The second-order valence-corrected chi connectivity index (χ2v) is 0. The monoisotopic (exact) mass is 116 g/mol. The molecule has 0 bridgehead atoms. The zero-order chi connectivity index (χ0) is 2.00. The van der Waals surface area contributed by atoms with Gasteiger partial charge in [-0.1, -0.05) is 0 Å². The van der Waals surface area contributed by atoms with Crippen LogP contribution in [0.5, 0.6) is 0 Å². The average molecular weight is 116 g/mol. The Labute approximate surface area is 101 Å². The average Bonchev–Trinajstić information content (AvgIpc) is 1.00. The summed E-state index contributed by atoms with van der Waals surface area (Å²) in [6, 6.07) is 0. The van der Waals surface area contributed by atoms with Crippen molar-refractivity contribution < 1.29 is 66.2 Å². The normalized spacial score (nSPS) is 1.50. The first-order valence-corrected chi connectivity index (χ1v) is 0.200. The molecule has 0 radical (unpaired) electrons. The first-order valence-electron chi connectivity index (χ1n) is 0.200. The van der Waals surface area contributed by atoms with Crippen molar-refractivity contribution in [1.29, 1.82) is 0 Å². The van der Waals surface area contributed by atoms with Crippen LogP contribution in [0.4, 0.5) is 0 Å². The van der Waals surface area contributed by atoms with Crippen LogP contribution in [0.25, 0.3) is 0 Å². The molecule has 0 aliphatic rings. The van der Waals surface area contributed by atoms with E-state index in [1.165, 1.54) is 0 Å².